The number of hydrogen-bond donors (Lipinski definition) is 1. The Kier molecular flexibility index (Phi) is 4.68. The molecule has 0 aromatic heterocycles. The molecule has 0 amide bonds. The number of para-hydroxylation sites is 1. The molecule has 2 aromatic rings. The van der Waals surface area contributed by atoms with Crippen molar-refractivity contribution < 1.29 is 8.42 Å². The lowest BCUT2D eigenvalue weighted by atomic mass is 10.2. The van der Waals surface area contributed by atoms with Gasteiger partial charge in [0.15, 0.2) is 9.84 Å². The van der Waals surface area contributed by atoms with Crippen molar-refractivity contribution >= 4 is 27.1 Å². The fourth-order valence-electron chi connectivity index (χ4n) is 1.87. The van der Waals surface area contributed by atoms with Crippen LogP contribution in [0.15, 0.2) is 53.4 Å². The lowest BCUT2D eigenvalue weighted by Crippen LogP contribution is -2.09. The van der Waals surface area contributed by atoms with Crippen molar-refractivity contribution in [2.45, 2.75) is 18.4 Å². The minimum absolute atomic E-state index is 0.0811. The van der Waals surface area contributed by atoms with E-state index < -0.39 is 9.84 Å². The fraction of sp³-hybridized carbons (Fsp3) is 0.200. The van der Waals surface area contributed by atoms with Gasteiger partial charge in [0.1, 0.15) is 0 Å². The number of nitrogens with one attached hydrogen (secondary N) is 1. The topological polar surface area (TPSA) is 46.2 Å². The summed E-state index contributed by atoms with van der Waals surface area (Å²) in [5.74, 6) is 0.0811. The summed E-state index contributed by atoms with van der Waals surface area (Å²) in [4.78, 5) is 0.328. The molecule has 0 spiro atoms. The molecule has 0 fully saturated rings. The van der Waals surface area contributed by atoms with Crippen LogP contribution in [0.5, 0.6) is 0 Å². The first-order chi connectivity index (χ1) is 9.54. The summed E-state index contributed by atoms with van der Waals surface area (Å²) in [5, 5.41) is 3.81. The second kappa shape index (κ2) is 6.29. The summed E-state index contributed by atoms with van der Waals surface area (Å²) >= 11 is 6.09. The lowest BCUT2D eigenvalue weighted by molar-refractivity contribution is 0.597. The number of benzene rings is 2. The van der Waals surface area contributed by atoms with Gasteiger partial charge < -0.3 is 5.32 Å². The summed E-state index contributed by atoms with van der Waals surface area (Å²) in [6, 6.07) is 14.4. The first kappa shape index (κ1) is 14.9. The molecule has 0 saturated heterocycles. The molecule has 2 aromatic carbocycles. The second-order valence-electron chi connectivity index (χ2n) is 4.34. The summed E-state index contributed by atoms with van der Waals surface area (Å²) in [7, 11) is -3.24. The predicted octanol–water partition coefficient (Wildman–Crippen LogP) is 3.75. The summed E-state index contributed by atoms with van der Waals surface area (Å²) in [6.45, 7) is 2.12. The van der Waals surface area contributed by atoms with Crippen LogP contribution in [0, 0.1) is 0 Å². The van der Waals surface area contributed by atoms with Crippen molar-refractivity contribution in [3.63, 3.8) is 0 Å². The number of halogens is 1. The van der Waals surface area contributed by atoms with E-state index in [0.29, 0.717) is 22.2 Å². The van der Waals surface area contributed by atoms with Crippen molar-refractivity contribution in [2.24, 2.45) is 0 Å². The molecule has 0 radical (unpaired) electrons. The van der Waals surface area contributed by atoms with Gasteiger partial charge in [0.05, 0.1) is 16.3 Å². The van der Waals surface area contributed by atoms with E-state index in [-0.39, 0.29) is 5.75 Å². The van der Waals surface area contributed by atoms with E-state index in [4.69, 9.17) is 11.6 Å². The third kappa shape index (κ3) is 3.32. The largest absolute Gasteiger partial charge is 0.380 e. The van der Waals surface area contributed by atoms with Crippen LogP contribution in [0.3, 0.4) is 0 Å². The molecule has 0 saturated carbocycles. The Morgan fingerprint density at radius 2 is 1.70 bits per heavy atom. The fourth-order valence-corrected chi connectivity index (χ4v) is 3.15. The van der Waals surface area contributed by atoms with Crippen LogP contribution in [0.1, 0.15) is 12.5 Å². The quantitative estimate of drug-likeness (QED) is 0.915. The minimum atomic E-state index is -3.24. The molecule has 0 bridgehead atoms. The maximum Gasteiger partial charge on any atom is 0.180 e. The standard InChI is InChI=1S/C15H16ClNO2S/c1-2-20(18,19)15-10-6-5-9-14(15)17-11-12-7-3-4-8-13(12)16/h3-10,17H,2,11H2,1H3. The molecular formula is C15H16ClNO2S. The highest BCUT2D eigenvalue weighted by atomic mass is 35.5. The molecule has 1 N–H and O–H groups in total. The van der Waals surface area contributed by atoms with Crippen LogP contribution in [0.2, 0.25) is 5.02 Å². The van der Waals surface area contributed by atoms with Gasteiger partial charge in [-0.05, 0) is 23.8 Å². The number of sulfone groups is 1. The first-order valence-electron chi connectivity index (χ1n) is 6.33. The number of rotatable bonds is 5. The van der Waals surface area contributed by atoms with Gasteiger partial charge >= 0.3 is 0 Å². The van der Waals surface area contributed by atoms with Crippen molar-refractivity contribution in [3.05, 3.63) is 59.1 Å². The van der Waals surface area contributed by atoms with Crippen LogP contribution in [-0.2, 0) is 16.4 Å². The normalized spacial score (nSPS) is 11.3. The van der Waals surface area contributed by atoms with Crippen LogP contribution in [0.25, 0.3) is 0 Å². The van der Waals surface area contributed by atoms with Crippen molar-refractivity contribution in [3.8, 4) is 0 Å². The van der Waals surface area contributed by atoms with Gasteiger partial charge in [-0.3, -0.25) is 0 Å². The lowest BCUT2D eigenvalue weighted by Gasteiger charge is -2.12. The zero-order valence-corrected chi connectivity index (χ0v) is 12.7. The highest BCUT2D eigenvalue weighted by Gasteiger charge is 2.15. The van der Waals surface area contributed by atoms with Gasteiger partial charge in [0, 0.05) is 11.6 Å². The molecule has 0 unspecified atom stereocenters. The summed E-state index contributed by atoms with van der Waals surface area (Å²) in [5.41, 5.74) is 1.53. The second-order valence-corrected chi connectivity index (χ2v) is 7.00. The monoisotopic (exact) mass is 309 g/mol. The maximum atomic E-state index is 12.0. The molecule has 0 aliphatic carbocycles. The Balaban J connectivity index is 2.25. The third-order valence-corrected chi connectivity index (χ3v) is 5.18. The predicted molar refractivity (Wildman–Crippen MR) is 82.9 cm³/mol. The molecule has 2 rings (SSSR count). The van der Waals surface area contributed by atoms with Gasteiger partial charge in [-0.25, -0.2) is 8.42 Å². The highest BCUT2D eigenvalue weighted by Crippen LogP contribution is 2.23. The van der Waals surface area contributed by atoms with Crippen LogP contribution in [0.4, 0.5) is 5.69 Å². The zero-order valence-electron chi connectivity index (χ0n) is 11.1. The van der Waals surface area contributed by atoms with Gasteiger partial charge in [0.2, 0.25) is 0 Å². The van der Waals surface area contributed by atoms with E-state index in [0.717, 1.165) is 5.56 Å². The van der Waals surface area contributed by atoms with Gasteiger partial charge in [-0.1, -0.05) is 48.9 Å². The minimum Gasteiger partial charge on any atom is -0.380 e. The Morgan fingerprint density at radius 3 is 2.40 bits per heavy atom. The average molecular weight is 310 g/mol. The number of anilines is 1. The third-order valence-electron chi connectivity index (χ3n) is 3.03. The van der Waals surface area contributed by atoms with E-state index >= 15 is 0 Å². The maximum absolute atomic E-state index is 12.0. The van der Waals surface area contributed by atoms with E-state index in [2.05, 4.69) is 5.32 Å². The van der Waals surface area contributed by atoms with E-state index in [1.807, 2.05) is 30.3 Å². The average Bonchev–Trinajstić information content (AvgIpc) is 2.47. The Bertz CT molecular complexity index is 699. The van der Waals surface area contributed by atoms with Crippen LogP contribution < -0.4 is 5.32 Å². The summed E-state index contributed by atoms with van der Waals surface area (Å²) in [6.07, 6.45) is 0. The molecule has 5 heteroatoms. The van der Waals surface area contributed by atoms with Gasteiger partial charge in [-0.15, -0.1) is 0 Å². The number of hydrogen-bond acceptors (Lipinski definition) is 3. The summed E-state index contributed by atoms with van der Waals surface area (Å²) < 4.78 is 24.1. The first-order valence-corrected chi connectivity index (χ1v) is 8.36. The van der Waals surface area contributed by atoms with Gasteiger partial charge in [0.25, 0.3) is 0 Å². The molecule has 0 heterocycles. The Labute approximate surface area is 124 Å². The van der Waals surface area contributed by atoms with E-state index in [1.165, 1.54) is 0 Å². The molecule has 0 aliphatic rings. The molecular weight excluding hydrogens is 294 g/mol. The van der Waals surface area contributed by atoms with Crippen LogP contribution >= 0.6 is 11.6 Å². The van der Waals surface area contributed by atoms with Crippen LogP contribution in [-0.4, -0.2) is 14.2 Å². The smallest absolute Gasteiger partial charge is 0.180 e. The van der Waals surface area contributed by atoms with Crippen molar-refractivity contribution in [1.29, 1.82) is 0 Å². The van der Waals surface area contributed by atoms with Crippen molar-refractivity contribution in [1.82, 2.24) is 0 Å². The Hall–Kier alpha value is -1.52. The molecule has 20 heavy (non-hydrogen) atoms. The Morgan fingerprint density at radius 1 is 1.05 bits per heavy atom. The highest BCUT2D eigenvalue weighted by molar-refractivity contribution is 7.91. The SMILES string of the molecule is CCS(=O)(=O)c1ccccc1NCc1ccccc1Cl. The van der Waals surface area contributed by atoms with Crippen molar-refractivity contribution in [2.75, 3.05) is 11.1 Å². The zero-order chi connectivity index (χ0) is 14.6. The molecule has 0 aliphatic heterocycles. The van der Waals surface area contributed by atoms with E-state index in [1.54, 1.807) is 25.1 Å². The molecule has 0 atom stereocenters. The van der Waals surface area contributed by atoms with E-state index in [9.17, 15) is 8.42 Å². The van der Waals surface area contributed by atoms with Gasteiger partial charge in [-0.2, -0.15) is 0 Å². The molecule has 106 valence electrons. The molecule has 3 nitrogen and oxygen atoms in total.